The largest absolute Gasteiger partial charge is 0.356 e. The quantitative estimate of drug-likeness (QED) is 0.540. The number of carbonyl (C=O) groups is 1. The van der Waals surface area contributed by atoms with Gasteiger partial charge < -0.3 is 5.32 Å². The normalized spacial score (nSPS) is 14.2. The number of hydrogen-bond donors (Lipinski definition) is 1. The van der Waals surface area contributed by atoms with E-state index in [4.69, 9.17) is 0 Å². The van der Waals surface area contributed by atoms with Gasteiger partial charge in [0.2, 0.25) is 5.91 Å². The molecule has 0 aromatic carbocycles. The Kier molecular flexibility index (Phi) is 11.2. The summed E-state index contributed by atoms with van der Waals surface area (Å²) in [5, 5.41) is 2.90. The molecular weight excluding hydrogens is 222 g/mol. The van der Waals surface area contributed by atoms with Crippen LogP contribution in [-0.2, 0) is 4.79 Å². The Labute approximate surface area is 114 Å². The van der Waals surface area contributed by atoms with Crippen molar-refractivity contribution in [3.05, 3.63) is 0 Å². The maximum absolute atomic E-state index is 11.6. The van der Waals surface area contributed by atoms with Gasteiger partial charge in [-0.05, 0) is 19.3 Å². The molecule has 2 nitrogen and oxygen atoms in total. The molecule has 0 aromatic heterocycles. The van der Waals surface area contributed by atoms with Crippen molar-refractivity contribution in [2.24, 2.45) is 11.8 Å². The summed E-state index contributed by atoms with van der Waals surface area (Å²) in [6.45, 7) is 9.30. The van der Waals surface area contributed by atoms with Crippen LogP contribution < -0.4 is 5.32 Å². The van der Waals surface area contributed by atoms with Crippen molar-refractivity contribution in [2.45, 2.75) is 79.1 Å². The summed E-state index contributed by atoms with van der Waals surface area (Å²) in [6, 6.07) is 0. The molecule has 0 rings (SSSR count). The average Bonchev–Trinajstić information content (AvgIpc) is 2.33. The Morgan fingerprint density at radius 2 is 1.61 bits per heavy atom. The van der Waals surface area contributed by atoms with E-state index in [0.717, 1.165) is 13.0 Å². The first-order valence-electron chi connectivity index (χ1n) is 7.89. The standard InChI is InChI=1S/C16H33NO/c1-5-7-8-9-10-11-12-14(3)13-15(4)16(18)17-6-2/h14-15H,5-13H2,1-4H3,(H,17,18)/t14-,15+/m1/s1. The van der Waals surface area contributed by atoms with Crippen molar-refractivity contribution in [3.8, 4) is 0 Å². The van der Waals surface area contributed by atoms with Gasteiger partial charge in [0.25, 0.3) is 0 Å². The summed E-state index contributed by atoms with van der Waals surface area (Å²) in [7, 11) is 0. The van der Waals surface area contributed by atoms with Gasteiger partial charge in [0.15, 0.2) is 0 Å². The van der Waals surface area contributed by atoms with Crippen LogP contribution in [0, 0.1) is 11.8 Å². The second-order valence-corrected chi connectivity index (χ2v) is 5.69. The maximum Gasteiger partial charge on any atom is 0.222 e. The van der Waals surface area contributed by atoms with E-state index in [1.54, 1.807) is 0 Å². The monoisotopic (exact) mass is 255 g/mol. The third kappa shape index (κ3) is 9.49. The third-order valence-electron chi connectivity index (χ3n) is 3.60. The molecule has 0 fully saturated rings. The molecule has 1 N–H and O–H groups in total. The fraction of sp³-hybridized carbons (Fsp3) is 0.938. The summed E-state index contributed by atoms with van der Waals surface area (Å²) >= 11 is 0. The van der Waals surface area contributed by atoms with Gasteiger partial charge in [0.1, 0.15) is 0 Å². The van der Waals surface area contributed by atoms with Gasteiger partial charge in [-0.2, -0.15) is 0 Å². The van der Waals surface area contributed by atoms with Crippen LogP contribution in [0.2, 0.25) is 0 Å². The van der Waals surface area contributed by atoms with Crippen molar-refractivity contribution in [1.82, 2.24) is 5.32 Å². The van der Waals surface area contributed by atoms with Gasteiger partial charge in [-0.3, -0.25) is 4.79 Å². The number of carbonyl (C=O) groups excluding carboxylic acids is 1. The van der Waals surface area contributed by atoms with Crippen molar-refractivity contribution in [1.29, 1.82) is 0 Å². The van der Waals surface area contributed by atoms with Gasteiger partial charge in [-0.1, -0.05) is 65.7 Å². The topological polar surface area (TPSA) is 29.1 Å². The van der Waals surface area contributed by atoms with Crippen LogP contribution in [0.5, 0.6) is 0 Å². The first-order valence-corrected chi connectivity index (χ1v) is 7.89. The van der Waals surface area contributed by atoms with E-state index in [1.807, 2.05) is 13.8 Å². The molecule has 1 amide bonds. The van der Waals surface area contributed by atoms with Crippen LogP contribution in [0.1, 0.15) is 79.1 Å². The Bertz CT molecular complexity index is 203. The molecular formula is C16H33NO. The van der Waals surface area contributed by atoms with E-state index in [2.05, 4.69) is 19.2 Å². The van der Waals surface area contributed by atoms with Gasteiger partial charge in [-0.25, -0.2) is 0 Å². The summed E-state index contributed by atoms with van der Waals surface area (Å²) in [5.41, 5.74) is 0. The molecule has 0 aromatic rings. The Hall–Kier alpha value is -0.530. The highest BCUT2D eigenvalue weighted by Crippen LogP contribution is 2.19. The van der Waals surface area contributed by atoms with Crippen molar-refractivity contribution < 1.29 is 4.79 Å². The smallest absolute Gasteiger partial charge is 0.222 e. The Balaban J connectivity index is 3.52. The fourth-order valence-corrected chi connectivity index (χ4v) is 2.45. The SMILES string of the molecule is CCCCCCCC[C@@H](C)C[C@H](C)C(=O)NCC. The number of rotatable bonds is 11. The number of nitrogens with one attached hydrogen (secondary N) is 1. The molecule has 18 heavy (non-hydrogen) atoms. The molecule has 0 aliphatic heterocycles. The van der Waals surface area contributed by atoms with Crippen LogP contribution in [0.3, 0.4) is 0 Å². The lowest BCUT2D eigenvalue weighted by molar-refractivity contribution is -0.124. The van der Waals surface area contributed by atoms with Crippen LogP contribution in [-0.4, -0.2) is 12.5 Å². The zero-order valence-corrected chi connectivity index (χ0v) is 12.9. The number of unbranched alkanes of at least 4 members (excludes halogenated alkanes) is 5. The highest BCUT2D eigenvalue weighted by molar-refractivity contribution is 5.78. The average molecular weight is 255 g/mol. The summed E-state index contributed by atoms with van der Waals surface area (Å²) < 4.78 is 0. The van der Waals surface area contributed by atoms with Gasteiger partial charge >= 0.3 is 0 Å². The second kappa shape index (κ2) is 11.6. The zero-order chi connectivity index (χ0) is 13.8. The second-order valence-electron chi connectivity index (χ2n) is 5.69. The lowest BCUT2D eigenvalue weighted by Gasteiger charge is -2.16. The van der Waals surface area contributed by atoms with E-state index in [9.17, 15) is 4.79 Å². The molecule has 0 aliphatic rings. The first-order chi connectivity index (χ1) is 8.61. The molecule has 2 heteroatoms. The van der Waals surface area contributed by atoms with Gasteiger partial charge in [-0.15, -0.1) is 0 Å². The van der Waals surface area contributed by atoms with E-state index in [-0.39, 0.29) is 11.8 Å². The molecule has 0 bridgehead atoms. The highest BCUT2D eigenvalue weighted by atomic mass is 16.1. The molecule has 0 radical (unpaired) electrons. The molecule has 0 unspecified atom stereocenters. The lowest BCUT2D eigenvalue weighted by Crippen LogP contribution is -2.29. The van der Waals surface area contributed by atoms with E-state index >= 15 is 0 Å². The molecule has 0 aliphatic carbocycles. The third-order valence-corrected chi connectivity index (χ3v) is 3.60. The molecule has 0 saturated heterocycles. The summed E-state index contributed by atoms with van der Waals surface area (Å²) in [4.78, 5) is 11.6. The molecule has 0 heterocycles. The van der Waals surface area contributed by atoms with Crippen LogP contribution >= 0.6 is 0 Å². The van der Waals surface area contributed by atoms with Gasteiger partial charge in [0.05, 0.1) is 0 Å². The lowest BCUT2D eigenvalue weighted by atomic mass is 9.92. The molecule has 108 valence electrons. The Morgan fingerprint density at radius 3 is 2.22 bits per heavy atom. The van der Waals surface area contributed by atoms with Gasteiger partial charge in [0, 0.05) is 12.5 Å². The summed E-state index contributed by atoms with van der Waals surface area (Å²) in [5.74, 6) is 1.06. The van der Waals surface area contributed by atoms with Crippen LogP contribution in [0.25, 0.3) is 0 Å². The highest BCUT2D eigenvalue weighted by Gasteiger charge is 2.15. The van der Waals surface area contributed by atoms with E-state index < -0.39 is 0 Å². The fourth-order valence-electron chi connectivity index (χ4n) is 2.45. The predicted octanol–water partition coefficient (Wildman–Crippen LogP) is 4.54. The molecule has 2 atom stereocenters. The number of hydrogen-bond acceptors (Lipinski definition) is 1. The minimum absolute atomic E-state index is 0.167. The van der Waals surface area contributed by atoms with E-state index in [0.29, 0.717) is 5.92 Å². The first kappa shape index (κ1) is 17.5. The molecule has 0 saturated carbocycles. The zero-order valence-electron chi connectivity index (χ0n) is 12.9. The van der Waals surface area contributed by atoms with Crippen molar-refractivity contribution in [3.63, 3.8) is 0 Å². The Morgan fingerprint density at radius 1 is 1.00 bits per heavy atom. The van der Waals surface area contributed by atoms with Crippen LogP contribution in [0.4, 0.5) is 0 Å². The minimum atomic E-state index is 0.167. The molecule has 0 spiro atoms. The van der Waals surface area contributed by atoms with Crippen LogP contribution in [0.15, 0.2) is 0 Å². The van der Waals surface area contributed by atoms with E-state index in [1.165, 1.54) is 44.9 Å². The summed E-state index contributed by atoms with van der Waals surface area (Å²) in [6.07, 6.45) is 10.5. The number of amides is 1. The minimum Gasteiger partial charge on any atom is -0.356 e. The van der Waals surface area contributed by atoms with Crippen molar-refractivity contribution >= 4 is 5.91 Å². The van der Waals surface area contributed by atoms with Crippen molar-refractivity contribution in [2.75, 3.05) is 6.54 Å². The maximum atomic E-state index is 11.6. The predicted molar refractivity (Wildman–Crippen MR) is 79.6 cm³/mol.